The van der Waals surface area contributed by atoms with E-state index in [2.05, 4.69) is 11.6 Å². The molecule has 0 radical (unpaired) electrons. The van der Waals surface area contributed by atoms with Crippen LogP contribution in [-0.2, 0) is 6.42 Å². The highest BCUT2D eigenvalue weighted by molar-refractivity contribution is 6.60. The lowest BCUT2D eigenvalue weighted by Crippen LogP contribution is -2.03. The largest absolute Gasteiger partial charge is 0.469 e. The van der Waals surface area contributed by atoms with Crippen LogP contribution < -0.4 is 0 Å². The maximum Gasteiger partial charge on any atom is 0.401 e. The summed E-state index contributed by atoms with van der Waals surface area (Å²) >= 11 is 4.19. The maximum atomic E-state index is 10.3. The highest BCUT2D eigenvalue weighted by atomic mass is 35.5. The van der Waals surface area contributed by atoms with Crippen LogP contribution in [0.3, 0.4) is 0 Å². The summed E-state index contributed by atoms with van der Waals surface area (Å²) in [5.74, 6) is 0. The van der Waals surface area contributed by atoms with Gasteiger partial charge in [-0.05, 0) is 18.9 Å². The van der Waals surface area contributed by atoms with Gasteiger partial charge in [0.2, 0.25) is 0 Å². The third kappa shape index (κ3) is 8.18. The molecule has 0 aliphatic rings. The van der Waals surface area contributed by atoms with Crippen LogP contribution in [0.1, 0.15) is 12.5 Å². The molecule has 94 valence electrons. The van der Waals surface area contributed by atoms with Gasteiger partial charge in [0.1, 0.15) is 0 Å². The van der Waals surface area contributed by atoms with Crippen molar-refractivity contribution >= 4 is 22.7 Å². The molecule has 0 spiro atoms. The van der Waals surface area contributed by atoms with Crippen molar-refractivity contribution in [2.75, 3.05) is 0 Å². The molecule has 0 fully saturated rings. The smallest absolute Gasteiger partial charge is 0.401 e. The van der Waals surface area contributed by atoms with Gasteiger partial charge < -0.3 is 10.2 Å². The summed E-state index contributed by atoms with van der Waals surface area (Å²) in [6.07, 6.45) is 0.110. The van der Waals surface area contributed by atoms with Crippen molar-refractivity contribution in [1.29, 1.82) is 0 Å². The van der Waals surface area contributed by atoms with E-state index in [9.17, 15) is 10.1 Å². The molecule has 1 aromatic rings. The second kappa shape index (κ2) is 7.59. The zero-order chi connectivity index (χ0) is 13.4. The predicted octanol–water partition coefficient (Wildman–Crippen LogP) is 2.42. The highest BCUT2D eigenvalue weighted by Gasteiger charge is 2.04. The molecule has 1 atom stereocenters. The summed E-state index contributed by atoms with van der Waals surface area (Å²) in [6.45, 7) is 1.68. The van der Waals surface area contributed by atoms with E-state index in [1.54, 1.807) is 19.1 Å². The second-order valence-electron chi connectivity index (χ2n) is 3.23. The number of rotatable bonds is 3. The molecule has 1 rings (SSSR count). The zero-order valence-corrected chi connectivity index (χ0v) is 9.79. The van der Waals surface area contributed by atoms with Crippen LogP contribution >= 0.6 is 11.6 Å². The standard InChI is InChI=1S/C9H11NO3.CHClO2/c1-7(11)6-8-2-4-9(5-3-8)10(12)13;2-1(3)4/h2-5,7,11H,6H2,1H3;(H,3,4). The van der Waals surface area contributed by atoms with Gasteiger partial charge in [-0.1, -0.05) is 12.1 Å². The van der Waals surface area contributed by atoms with Crippen molar-refractivity contribution in [2.24, 2.45) is 0 Å². The van der Waals surface area contributed by atoms with Gasteiger partial charge in [-0.3, -0.25) is 10.1 Å². The first-order valence-electron chi connectivity index (χ1n) is 4.62. The number of halogens is 1. The topological polar surface area (TPSA) is 101 Å². The average Bonchev–Trinajstić information content (AvgIpc) is 2.16. The van der Waals surface area contributed by atoms with E-state index < -0.39 is 16.5 Å². The van der Waals surface area contributed by atoms with Crippen LogP contribution in [0.25, 0.3) is 0 Å². The molecule has 1 unspecified atom stereocenters. The number of carboxylic acid groups (broad SMARTS) is 1. The fourth-order valence-corrected chi connectivity index (χ4v) is 1.09. The lowest BCUT2D eigenvalue weighted by atomic mass is 10.1. The number of benzene rings is 1. The number of nitro groups is 1. The van der Waals surface area contributed by atoms with Gasteiger partial charge in [0.05, 0.1) is 11.0 Å². The number of nitro benzene ring substituents is 1. The SMILES string of the molecule is CC(O)Cc1ccc([N+](=O)[O-])cc1.O=C(O)Cl. The Morgan fingerprint density at radius 1 is 1.47 bits per heavy atom. The first-order chi connectivity index (χ1) is 7.82. The van der Waals surface area contributed by atoms with Crippen LogP contribution in [0.4, 0.5) is 10.5 Å². The molecule has 0 heterocycles. The van der Waals surface area contributed by atoms with E-state index in [1.807, 2.05) is 0 Å². The molecule has 0 saturated carbocycles. The van der Waals surface area contributed by atoms with E-state index in [4.69, 9.17) is 15.0 Å². The van der Waals surface area contributed by atoms with Crippen molar-refractivity contribution in [3.63, 3.8) is 0 Å². The van der Waals surface area contributed by atoms with Gasteiger partial charge in [-0.25, -0.2) is 4.79 Å². The van der Waals surface area contributed by atoms with Crippen LogP contribution in [0.2, 0.25) is 0 Å². The maximum absolute atomic E-state index is 10.3. The van der Waals surface area contributed by atoms with Crippen molar-refractivity contribution < 1.29 is 19.9 Å². The molecule has 0 bridgehead atoms. The summed E-state index contributed by atoms with van der Waals surface area (Å²) in [4.78, 5) is 18.6. The number of nitrogens with zero attached hydrogens (tertiary/aromatic N) is 1. The molecule has 7 heteroatoms. The number of carbonyl (C=O) groups is 1. The molecule has 0 amide bonds. The normalized spacial score (nSPS) is 11.0. The summed E-state index contributed by atoms with van der Waals surface area (Å²) in [6, 6.07) is 6.20. The zero-order valence-electron chi connectivity index (χ0n) is 9.04. The minimum absolute atomic E-state index is 0.0781. The minimum Gasteiger partial charge on any atom is -0.469 e. The molecule has 0 aliphatic carbocycles. The molecular formula is C10H12ClNO5. The fourth-order valence-electron chi connectivity index (χ4n) is 1.09. The van der Waals surface area contributed by atoms with Crippen LogP contribution in [0, 0.1) is 10.1 Å². The molecule has 6 nitrogen and oxygen atoms in total. The number of hydrogen-bond donors (Lipinski definition) is 2. The van der Waals surface area contributed by atoms with Crippen molar-refractivity contribution in [3.05, 3.63) is 39.9 Å². The van der Waals surface area contributed by atoms with Crippen LogP contribution in [-0.4, -0.2) is 26.7 Å². The highest BCUT2D eigenvalue weighted by Crippen LogP contribution is 2.12. The van der Waals surface area contributed by atoms with Crippen LogP contribution in [0.5, 0.6) is 0 Å². The molecule has 1 aromatic carbocycles. The molecule has 2 N–H and O–H groups in total. The summed E-state index contributed by atoms with van der Waals surface area (Å²) in [5, 5.41) is 26.5. The van der Waals surface area contributed by atoms with Crippen molar-refractivity contribution in [1.82, 2.24) is 0 Å². The Morgan fingerprint density at radius 2 is 1.88 bits per heavy atom. The number of aliphatic hydroxyl groups is 1. The molecule has 0 aliphatic heterocycles. The molecule has 17 heavy (non-hydrogen) atoms. The van der Waals surface area contributed by atoms with E-state index in [0.29, 0.717) is 6.42 Å². The Labute approximate surface area is 103 Å². The quantitative estimate of drug-likeness (QED) is 0.494. The Kier molecular flexibility index (Phi) is 6.85. The molecular weight excluding hydrogens is 250 g/mol. The summed E-state index contributed by atoms with van der Waals surface area (Å²) < 4.78 is 0. The summed E-state index contributed by atoms with van der Waals surface area (Å²) in [5.41, 5.74) is -0.380. The third-order valence-electron chi connectivity index (χ3n) is 1.68. The Hall–Kier alpha value is -1.66. The Balaban J connectivity index is 0.000000557. The van der Waals surface area contributed by atoms with Gasteiger partial charge in [0, 0.05) is 23.7 Å². The third-order valence-corrected chi connectivity index (χ3v) is 1.68. The Bertz CT molecular complexity index is 373. The van der Waals surface area contributed by atoms with E-state index >= 15 is 0 Å². The first-order valence-corrected chi connectivity index (χ1v) is 5.00. The Morgan fingerprint density at radius 3 is 2.18 bits per heavy atom. The van der Waals surface area contributed by atoms with Gasteiger partial charge in [0.15, 0.2) is 0 Å². The van der Waals surface area contributed by atoms with Crippen molar-refractivity contribution in [3.8, 4) is 0 Å². The number of aliphatic hydroxyl groups excluding tert-OH is 1. The number of hydrogen-bond acceptors (Lipinski definition) is 4. The van der Waals surface area contributed by atoms with Gasteiger partial charge in [-0.15, -0.1) is 0 Å². The first kappa shape index (κ1) is 15.3. The van der Waals surface area contributed by atoms with E-state index in [0.717, 1.165) is 5.56 Å². The number of non-ortho nitro benzene ring substituents is 1. The predicted molar refractivity (Wildman–Crippen MR) is 62.4 cm³/mol. The van der Waals surface area contributed by atoms with Crippen molar-refractivity contribution in [2.45, 2.75) is 19.4 Å². The minimum atomic E-state index is -1.36. The van der Waals surface area contributed by atoms with Crippen LogP contribution in [0.15, 0.2) is 24.3 Å². The lowest BCUT2D eigenvalue weighted by Gasteiger charge is -2.02. The molecule has 0 saturated heterocycles. The summed E-state index contributed by atoms with van der Waals surface area (Å²) in [7, 11) is 0. The molecule has 0 aromatic heterocycles. The van der Waals surface area contributed by atoms with Gasteiger partial charge in [-0.2, -0.15) is 0 Å². The second-order valence-corrected chi connectivity index (χ2v) is 3.55. The van der Waals surface area contributed by atoms with Gasteiger partial charge >= 0.3 is 5.43 Å². The fraction of sp³-hybridized carbons (Fsp3) is 0.300. The van der Waals surface area contributed by atoms with E-state index in [1.165, 1.54) is 12.1 Å². The van der Waals surface area contributed by atoms with E-state index in [-0.39, 0.29) is 5.69 Å². The lowest BCUT2D eigenvalue weighted by molar-refractivity contribution is -0.384. The van der Waals surface area contributed by atoms with Gasteiger partial charge in [0.25, 0.3) is 5.69 Å². The monoisotopic (exact) mass is 261 g/mol. The average molecular weight is 262 g/mol.